The van der Waals surface area contributed by atoms with Crippen molar-refractivity contribution >= 4 is 17.8 Å². The second-order valence-electron chi connectivity index (χ2n) is 7.51. The van der Waals surface area contributed by atoms with E-state index in [-0.39, 0.29) is 11.8 Å². The zero-order chi connectivity index (χ0) is 20.8. The summed E-state index contributed by atoms with van der Waals surface area (Å²) in [6.07, 6.45) is 2.45. The smallest absolute Gasteiger partial charge is 0.335 e. The zero-order valence-corrected chi connectivity index (χ0v) is 16.6. The summed E-state index contributed by atoms with van der Waals surface area (Å²) in [6.45, 7) is 3.27. The molecule has 2 aromatic rings. The van der Waals surface area contributed by atoms with Crippen molar-refractivity contribution in [2.45, 2.75) is 32.7 Å². The Kier molecular flexibility index (Phi) is 6.65. The van der Waals surface area contributed by atoms with E-state index in [1.165, 1.54) is 6.92 Å². The molecule has 152 valence electrons. The van der Waals surface area contributed by atoms with Crippen molar-refractivity contribution in [3.05, 3.63) is 70.8 Å². The van der Waals surface area contributed by atoms with E-state index < -0.39 is 5.97 Å². The van der Waals surface area contributed by atoms with Crippen LogP contribution >= 0.6 is 0 Å². The monoisotopic (exact) mass is 394 g/mol. The lowest BCUT2D eigenvalue weighted by Crippen LogP contribution is -2.39. The lowest BCUT2D eigenvalue weighted by Gasteiger charge is -2.32. The number of carbonyl (C=O) groups excluding carboxylic acids is 2. The van der Waals surface area contributed by atoms with Gasteiger partial charge in [0.2, 0.25) is 5.91 Å². The van der Waals surface area contributed by atoms with Gasteiger partial charge in [-0.2, -0.15) is 0 Å². The number of benzene rings is 2. The molecule has 1 aliphatic rings. The summed E-state index contributed by atoms with van der Waals surface area (Å²) in [6, 6.07) is 14.5. The Hall–Kier alpha value is -3.15. The molecule has 0 atom stereocenters. The van der Waals surface area contributed by atoms with E-state index in [9.17, 15) is 19.5 Å². The van der Waals surface area contributed by atoms with Crippen molar-refractivity contribution in [1.82, 2.24) is 10.2 Å². The number of nitrogens with one attached hydrogen (secondary N) is 1. The number of hydrogen-bond donors (Lipinski definition) is 2. The normalized spacial score (nSPS) is 14.4. The number of amides is 2. The van der Waals surface area contributed by atoms with Crippen molar-refractivity contribution in [2.24, 2.45) is 5.92 Å². The highest BCUT2D eigenvalue weighted by atomic mass is 16.4. The van der Waals surface area contributed by atoms with Crippen LogP contribution in [0.4, 0.5) is 0 Å². The third-order valence-corrected chi connectivity index (χ3v) is 5.40. The van der Waals surface area contributed by atoms with Crippen LogP contribution in [0, 0.1) is 5.92 Å². The molecule has 2 amide bonds. The van der Waals surface area contributed by atoms with Crippen LogP contribution in [0.5, 0.6) is 0 Å². The topological polar surface area (TPSA) is 86.7 Å². The summed E-state index contributed by atoms with van der Waals surface area (Å²) in [5.74, 6) is -0.589. The quantitative estimate of drug-likeness (QED) is 0.788. The van der Waals surface area contributed by atoms with E-state index in [0.717, 1.165) is 30.4 Å². The zero-order valence-electron chi connectivity index (χ0n) is 16.6. The summed E-state index contributed by atoms with van der Waals surface area (Å²) in [5, 5.41) is 12.1. The van der Waals surface area contributed by atoms with Crippen LogP contribution in [0.1, 0.15) is 51.6 Å². The van der Waals surface area contributed by atoms with E-state index in [1.54, 1.807) is 24.3 Å². The van der Waals surface area contributed by atoms with E-state index >= 15 is 0 Å². The van der Waals surface area contributed by atoms with Crippen molar-refractivity contribution < 1.29 is 19.5 Å². The van der Waals surface area contributed by atoms with Gasteiger partial charge in [0, 0.05) is 32.1 Å². The molecule has 0 aromatic heterocycles. The van der Waals surface area contributed by atoms with Gasteiger partial charge < -0.3 is 15.3 Å². The fraction of sp³-hybridized carbons (Fsp3) is 0.348. The number of carbonyl (C=O) groups is 3. The maximum absolute atomic E-state index is 12.8. The molecule has 1 heterocycles. The maximum atomic E-state index is 12.8. The molecule has 29 heavy (non-hydrogen) atoms. The number of aromatic carboxylic acids is 1. The van der Waals surface area contributed by atoms with Gasteiger partial charge >= 0.3 is 5.97 Å². The van der Waals surface area contributed by atoms with Crippen LogP contribution < -0.4 is 5.32 Å². The third kappa shape index (κ3) is 5.44. The summed E-state index contributed by atoms with van der Waals surface area (Å²) in [5.41, 5.74) is 2.82. The van der Waals surface area contributed by atoms with Crippen LogP contribution in [0.2, 0.25) is 0 Å². The van der Waals surface area contributed by atoms with Gasteiger partial charge in [-0.05, 0) is 54.5 Å². The minimum absolute atomic E-state index is 0.0143. The van der Waals surface area contributed by atoms with Gasteiger partial charge in [0.05, 0.1) is 5.56 Å². The minimum atomic E-state index is -0.893. The first-order chi connectivity index (χ1) is 13.9. The molecule has 3 rings (SSSR count). The lowest BCUT2D eigenvalue weighted by molar-refractivity contribution is -0.119. The Morgan fingerprint density at radius 3 is 2.31 bits per heavy atom. The van der Waals surface area contributed by atoms with Crippen LogP contribution in [0.25, 0.3) is 0 Å². The van der Waals surface area contributed by atoms with Crippen LogP contribution in [0.15, 0.2) is 48.5 Å². The molecule has 0 saturated carbocycles. The van der Waals surface area contributed by atoms with Crippen LogP contribution in [0.3, 0.4) is 0 Å². The Morgan fingerprint density at radius 2 is 1.69 bits per heavy atom. The molecule has 2 aromatic carbocycles. The molecule has 2 N–H and O–H groups in total. The molecule has 0 radical (unpaired) electrons. The summed E-state index contributed by atoms with van der Waals surface area (Å²) < 4.78 is 0. The molecule has 6 heteroatoms. The number of carboxylic acid groups (broad SMARTS) is 1. The predicted molar refractivity (Wildman–Crippen MR) is 110 cm³/mol. The molecule has 1 fully saturated rings. The second-order valence-corrected chi connectivity index (χ2v) is 7.51. The van der Waals surface area contributed by atoms with E-state index in [2.05, 4.69) is 5.32 Å². The molecule has 0 aliphatic carbocycles. The van der Waals surface area contributed by atoms with Crippen LogP contribution in [-0.4, -0.2) is 40.9 Å². The Balaban J connectivity index is 1.54. The summed E-state index contributed by atoms with van der Waals surface area (Å²) in [7, 11) is 0. The third-order valence-electron chi connectivity index (χ3n) is 5.40. The first-order valence-electron chi connectivity index (χ1n) is 9.88. The predicted octanol–water partition coefficient (Wildman–Crippen LogP) is 3.12. The number of hydrogen-bond acceptors (Lipinski definition) is 3. The number of likely N-dealkylation sites (tertiary alicyclic amines) is 1. The fourth-order valence-electron chi connectivity index (χ4n) is 3.73. The van der Waals surface area contributed by atoms with Gasteiger partial charge in [-0.15, -0.1) is 0 Å². The van der Waals surface area contributed by atoms with Crippen molar-refractivity contribution in [3.8, 4) is 0 Å². The molecule has 1 aliphatic heterocycles. The number of nitrogens with zero attached hydrogens (tertiary/aromatic N) is 1. The van der Waals surface area contributed by atoms with Gasteiger partial charge in [0.25, 0.3) is 5.91 Å². The van der Waals surface area contributed by atoms with Gasteiger partial charge in [-0.3, -0.25) is 9.59 Å². The molecule has 0 unspecified atom stereocenters. The van der Waals surface area contributed by atoms with E-state index in [4.69, 9.17) is 0 Å². The molecular weight excluding hydrogens is 368 g/mol. The highest BCUT2D eigenvalue weighted by Crippen LogP contribution is 2.24. The van der Waals surface area contributed by atoms with Gasteiger partial charge in [0.15, 0.2) is 0 Å². The molecule has 1 saturated heterocycles. The standard InChI is InChI=1S/C23H26N2O4/c1-16(26)24-15-18-6-8-19(9-7-18)22(27)25-12-10-17(11-13-25)14-20-4-2-3-5-21(20)23(28)29/h2-9,17H,10-15H2,1H3,(H,24,26)(H,28,29). The number of rotatable bonds is 6. The summed E-state index contributed by atoms with van der Waals surface area (Å²) in [4.78, 5) is 37.0. The Morgan fingerprint density at radius 1 is 1.03 bits per heavy atom. The minimum Gasteiger partial charge on any atom is -0.478 e. The molecular formula is C23H26N2O4. The van der Waals surface area contributed by atoms with Crippen molar-refractivity contribution in [2.75, 3.05) is 13.1 Å². The van der Waals surface area contributed by atoms with Crippen LogP contribution in [-0.2, 0) is 17.8 Å². The van der Waals surface area contributed by atoms with E-state index in [0.29, 0.717) is 36.7 Å². The van der Waals surface area contributed by atoms with Gasteiger partial charge in [0.1, 0.15) is 0 Å². The Labute approximate surface area is 170 Å². The highest BCUT2D eigenvalue weighted by Gasteiger charge is 2.24. The lowest BCUT2D eigenvalue weighted by atomic mass is 9.88. The molecule has 0 spiro atoms. The fourth-order valence-corrected chi connectivity index (χ4v) is 3.73. The molecule has 6 nitrogen and oxygen atoms in total. The number of piperidine rings is 1. The Bertz CT molecular complexity index is 884. The first-order valence-corrected chi connectivity index (χ1v) is 9.88. The molecule has 0 bridgehead atoms. The largest absolute Gasteiger partial charge is 0.478 e. The average molecular weight is 394 g/mol. The van der Waals surface area contributed by atoms with Gasteiger partial charge in [-0.1, -0.05) is 30.3 Å². The first kappa shape index (κ1) is 20.6. The SMILES string of the molecule is CC(=O)NCc1ccc(C(=O)N2CCC(Cc3ccccc3C(=O)O)CC2)cc1. The average Bonchev–Trinajstić information content (AvgIpc) is 2.73. The van der Waals surface area contributed by atoms with E-state index in [1.807, 2.05) is 29.2 Å². The number of carboxylic acids is 1. The summed E-state index contributed by atoms with van der Waals surface area (Å²) >= 11 is 0. The van der Waals surface area contributed by atoms with Crippen molar-refractivity contribution in [3.63, 3.8) is 0 Å². The van der Waals surface area contributed by atoms with Crippen molar-refractivity contribution in [1.29, 1.82) is 0 Å². The maximum Gasteiger partial charge on any atom is 0.335 e. The second kappa shape index (κ2) is 9.37. The highest BCUT2D eigenvalue weighted by molar-refractivity contribution is 5.94. The van der Waals surface area contributed by atoms with Gasteiger partial charge in [-0.25, -0.2) is 4.79 Å².